The van der Waals surface area contributed by atoms with Gasteiger partial charge in [0.05, 0.1) is 0 Å². The van der Waals surface area contributed by atoms with Gasteiger partial charge in [-0.3, -0.25) is 0 Å². The van der Waals surface area contributed by atoms with E-state index < -0.39 is 0 Å². The zero-order valence-corrected chi connectivity index (χ0v) is 11.6. The van der Waals surface area contributed by atoms with Gasteiger partial charge in [-0.15, -0.1) is 23.7 Å². The Labute approximate surface area is 108 Å². The van der Waals surface area contributed by atoms with E-state index in [9.17, 15) is 0 Å². The van der Waals surface area contributed by atoms with Crippen LogP contribution in [0.5, 0.6) is 0 Å². The number of nitrogens with two attached hydrogens (primary N) is 1. The first-order chi connectivity index (χ1) is 7.09. The second-order valence-electron chi connectivity index (χ2n) is 4.76. The summed E-state index contributed by atoms with van der Waals surface area (Å²) in [6.07, 6.45) is 3.66. The third-order valence-corrected chi connectivity index (χ3v) is 4.29. The number of thiophene rings is 1. The van der Waals surface area contributed by atoms with Crippen molar-refractivity contribution in [2.75, 3.05) is 6.54 Å². The molecule has 1 aliphatic rings. The first kappa shape index (κ1) is 14.0. The molecule has 2 nitrogen and oxygen atoms in total. The van der Waals surface area contributed by atoms with Crippen LogP contribution < -0.4 is 11.1 Å². The summed E-state index contributed by atoms with van der Waals surface area (Å²) in [5, 5.41) is 3.48. The average molecular weight is 261 g/mol. The topological polar surface area (TPSA) is 38.0 Å². The predicted molar refractivity (Wildman–Crippen MR) is 73.5 cm³/mol. The Bertz CT molecular complexity index is 345. The molecule has 2 rings (SSSR count). The monoisotopic (exact) mass is 260 g/mol. The van der Waals surface area contributed by atoms with E-state index in [0.717, 1.165) is 13.1 Å². The average Bonchev–Trinajstić information content (AvgIpc) is 2.42. The quantitative estimate of drug-likeness (QED) is 0.874. The van der Waals surface area contributed by atoms with Crippen molar-refractivity contribution in [1.82, 2.24) is 5.32 Å². The van der Waals surface area contributed by atoms with Crippen molar-refractivity contribution < 1.29 is 0 Å². The van der Waals surface area contributed by atoms with Crippen LogP contribution in [0, 0.1) is 13.8 Å². The van der Waals surface area contributed by atoms with Gasteiger partial charge >= 0.3 is 0 Å². The Morgan fingerprint density at radius 1 is 1.44 bits per heavy atom. The summed E-state index contributed by atoms with van der Waals surface area (Å²) >= 11 is 1.88. The van der Waals surface area contributed by atoms with E-state index in [1.807, 2.05) is 11.3 Å². The van der Waals surface area contributed by atoms with Crippen LogP contribution in [-0.2, 0) is 6.54 Å². The summed E-state index contributed by atoms with van der Waals surface area (Å²) in [5.41, 5.74) is 7.68. The molecule has 92 valence electrons. The Balaban J connectivity index is 0.00000128. The Morgan fingerprint density at radius 3 is 2.56 bits per heavy atom. The molecule has 0 saturated heterocycles. The molecule has 1 aromatic heterocycles. The largest absolute Gasteiger partial charge is 0.324 e. The van der Waals surface area contributed by atoms with E-state index in [4.69, 9.17) is 5.73 Å². The fourth-order valence-electron chi connectivity index (χ4n) is 2.11. The van der Waals surface area contributed by atoms with Gasteiger partial charge in [0.1, 0.15) is 0 Å². The molecular formula is C12H21ClN2S. The predicted octanol–water partition coefficient (Wildman–Crippen LogP) is 2.76. The van der Waals surface area contributed by atoms with Crippen molar-refractivity contribution in [2.45, 2.75) is 45.2 Å². The first-order valence-corrected chi connectivity index (χ1v) is 6.46. The van der Waals surface area contributed by atoms with Crippen molar-refractivity contribution in [3.05, 3.63) is 21.4 Å². The van der Waals surface area contributed by atoms with Crippen LogP contribution in [-0.4, -0.2) is 12.1 Å². The van der Waals surface area contributed by atoms with Crippen LogP contribution in [0.15, 0.2) is 6.07 Å². The Hall–Kier alpha value is -0.0900. The van der Waals surface area contributed by atoms with Crippen LogP contribution >= 0.6 is 23.7 Å². The molecule has 0 aromatic carbocycles. The molecule has 1 fully saturated rings. The van der Waals surface area contributed by atoms with Gasteiger partial charge in [0.15, 0.2) is 0 Å². The maximum Gasteiger partial charge on any atom is 0.0281 e. The molecule has 1 aromatic rings. The van der Waals surface area contributed by atoms with Gasteiger partial charge in [-0.1, -0.05) is 0 Å². The molecule has 1 saturated carbocycles. The molecule has 3 N–H and O–H groups in total. The molecule has 0 spiro atoms. The lowest BCUT2D eigenvalue weighted by Gasteiger charge is -2.38. The van der Waals surface area contributed by atoms with E-state index in [0.29, 0.717) is 0 Å². The maximum absolute atomic E-state index is 6.15. The van der Waals surface area contributed by atoms with Crippen molar-refractivity contribution in [1.29, 1.82) is 0 Å². The van der Waals surface area contributed by atoms with Gasteiger partial charge in [0.2, 0.25) is 0 Å². The number of hydrogen-bond acceptors (Lipinski definition) is 3. The number of nitrogens with one attached hydrogen (secondary N) is 1. The number of rotatable bonds is 4. The minimum absolute atomic E-state index is 0. The highest BCUT2D eigenvalue weighted by Gasteiger charge is 2.31. The third-order valence-electron chi connectivity index (χ3n) is 3.29. The number of hydrogen-bond donors (Lipinski definition) is 2. The van der Waals surface area contributed by atoms with Gasteiger partial charge in [-0.25, -0.2) is 0 Å². The van der Waals surface area contributed by atoms with Gasteiger partial charge < -0.3 is 11.1 Å². The van der Waals surface area contributed by atoms with Crippen molar-refractivity contribution in [2.24, 2.45) is 5.73 Å². The molecule has 1 aliphatic carbocycles. The third kappa shape index (κ3) is 3.20. The van der Waals surface area contributed by atoms with Gasteiger partial charge in [-0.2, -0.15) is 0 Å². The van der Waals surface area contributed by atoms with E-state index in [2.05, 4.69) is 25.2 Å². The minimum atomic E-state index is 0. The molecule has 4 heteroatoms. The Morgan fingerprint density at radius 2 is 2.12 bits per heavy atom. The maximum atomic E-state index is 6.15. The molecule has 0 bridgehead atoms. The standard InChI is InChI=1S/C12H20N2S.ClH/c1-9-6-11(10(2)15-9)7-14-8-12(13)4-3-5-12;/h6,14H,3-5,7-8,13H2,1-2H3;1H. The molecule has 0 aliphatic heterocycles. The van der Waals surface area contributed by atoms with Crippen molar-refractivity contribution in [3.8, 4) is 0 Å². The molecule has 0 unspecified atom stereocenters. The molecule has 0 atom stereocenters. The first-order valence-electron chi connectivity index (χ1n) is 5.65. The van der Waals surface area contributed by atoms with Crippen LogP contribution in [0.3, 0.4) is 0 Å². The zero-order chi connectivity index (χ0) is 10.9. The smallest absolute Gasteiger partial charge is 0.0281 e. The van der Waals surface area contributed by atoms with Crippen LogP contribution in [0.2, 0.25) is 0 Å². The normalized spacial score (nSPS) is 17.7. The molecular weight excluding hydrogens is 240 g/mol. The lowest BCUT2D eigenvalue weighted by molar-refractivity contribution is 0.239. The SMILES string of the molecule is Cc1cc(CNCC2(N)CCC2)c(C)s1.Cl. The highest BCUT2D eigenvalue weighted by molar-refractivity contribution is 7.12. The molecule has 1 heterocycles. The fraction of sp³-hybridized carbons (Fsp3) is 0.667. The zero-order valence-electron chi connectivity index (χ0n) is 10.0. The van der Waals surface area contributed by atoms with Crippen LogP contribution in [0.4, 0.5) is 0 Å². The lowest BCUT2D eigenvalue weighted by Crippen LogP contribution is -2.53. The molecule has 0 amide bonds. The minimum Gasteiger partial charge on any atom is -0.324 e. The van der Waals surface area contributed by atoms with Crippen molar-refractivity contribution >= 4 is 23.7 Å². The summed E-state index contributed by atoms with van der Waals surface area (Å²) in [7, 11) is 0. The van der Waals surface area contributed by atoms with E-state index in [1.165, 1.54) is 34.6 Å². The van der Waals surface area contributed by atoms with Gasteiger partial charge in [0.25, 0.3) is 0 Å². The van der Waals surface area contributed by atoms with E-state index >= 15 is 0 Å². The number of halogens is 1. The van der Waals surface area contributed by atoms with E-state index in [-0.39, 0.29) is 17.9 Å². The van der Waals surface area contributed by atoms with Crippen LogP contribution in [0.25, 0.3) is 0 Å². The summed E-state index contributed by atoms with van der Waals surface area (Å²) in [4.78, 5) is 2.83. The van der Waals surface area contributed by atoms with Crippen LogP contribution in [0.1, 0.15) is 34.6 Å². The highest BCUT2D eigenvalue weighted by atomic mass is 35.5. The highest BCUT2D eigenvalue weighted by Crippen LogP contribution is 2.28. The molecule has 0 radical (unpaired) electrons. The number of aryl methyl sites for hydroxylation is 2. The van der Waals surface area contributed by atoms with Gasteiger partial charge in [0, 0.05) is 28.4 Å². The summed E-state index contributed by atoms with van der Waals surface area (Å²) in [6, 6.07) is 2.27. The second-order valence-corrected chi connectivity index (χ2v) is 6.22. The van der Waals surface area contributed by atoms with Gasteiger partial charge in [-0.05, 0) is 44.7 Å². The molecule has 16 heavy (non-hydrogen) atoms. The summed E-state index contributed by atoms with van der Waals surface area (Å²) < 4.78 is 0. The van der Waals surface area contributed by atoms with Crippen molar-refractivity contribution in [3.63, 3.8) is 0 Å². The second kappa shape index (κ2) is 5.50. The van der Waals surface area contributed by atoms with E-state index in [1.54, 1.807) is 0 Å². The summed E-state index contributed by atoms with van der Waals surface area (Å²) in [5.74, 6) is 0. The Kier molecular flexibility index (Phi) is 4.80. The lowest BCUT2D eigenvalue weighted by atomic mass is 9.78. The summed E-state index contributed by atoms with van der Waals surface area (Å²) in [6.45, 7) is 6.28. The fourth-order valence-corrected chi connectivity index (χ4v) is 3.06.